The minimum atomic E-state index is -1.03. The molecule has 7 heteroatoms. The lowest BCUT2D eigenvalue weighted by atomic mass is 9.49. The van der Waals surface area contributed by atoms with Crippen molar-refractivity contribution in [1.29, 1.82) is 0 Å². The molecule has 5 rings (SSSR count). The van der Waals surface area contributed by atoms with E-state index in [1.54, 1.807) is 6.07 Å². The SMILES string of the molecule is CN1CC[C@]23c4c5ccc(OC(N)=O)c4O[C@H]2C(=O)CC[C@@]3(O)[C@H]1C5. The number of rotatable bonds is 1. The van der Waals surface area contributed by atoms with Crippen molar-refractivity contribution in [2.45, 2.75) is 48.8 Å². The fraction of sp³-hybridized carbons (Fsp3) is 0.556. The van der Waals surface area contributed by atoms with Crippen LogP contribution < -0.4 is 15.2 Å². The number of hydrogen-bond acceptors (Lipinski definition) is 6. The molecule has 1 saturated heterocycles. The molecule has 4 aliphatic rings. The number of likely N-dealkylation sites (tertiary alicyclic amines) is 1. The number of ether oxygens (including phenoxy) is 2. The van der Waals surface area contributed by atoms with Gasteiger partial charge in [-0.3, -0.25) is 4.79 Å². The Morgan fingerprint density at radius 2 is 2.24 bits per heavy atom. The van der Waals surface area contributed by atoms with E-state index in [2.05, 4.69) is 4.90 Å². The highest BCUT2D eigenvalue weighted by molar-refractivity contribution is 5.90. The first-order chi connectivity index (χ1) is 11.9. The number of likely N-dealkylation sites (N-methyl/N-ethyl adjacent to an activating group) is 1. The van der Waals surface area contributed by atoms with Gasteiger partial charge in [0.2, 0.25) is 0 Å². The summed E-state index contributed by atoms with van der Waals surface area (Å²) >= 11 is 0. The van der Waals surface area contributed by atoms with E-state index in [9.17, 15) is 14.7 Å². The van der Waals surface area contributed by atoms with E-state index in [4.69, 9.17) is 15.2 Å². The van der Waals surface area contributed by atoms with Crippen molar-refractivity contribution in [2.75, 3.05) is 13.6 Å². The number of hydrogen-bond donors (Lipinski definition) is 2. The molecular formula is C18H20N2O5. The molecule has 1 aromatic rings. The summed E-state index contributed by atoms with van der Waals surface area (Å²) in [5.74, 6) is 0.627. The Morgan fingerprint density at radius 3 is 3.00 bits per heavy atom. The van der Waals surface area contributed by atoms with Crippen LogP contribution in [0.5, 0.6) is 11.5 Å². The Balaban J connectivity index is 1.80. The molecule has 0 unspecified atom stereocenters. The summed E-state index contributed by atoms with van der Waals surface area (Å²) < 4.78 is 11.2. The van der Waals surface area contributed by atoms with Crippen LogP contribution in [0.25, 0.3) is 0 Å². The maximum atomic E-state index is 12.7. The third kappa shape index (κ3) is 1.58. The van der Waals surface area contributed by atoms with E-state index in [1.807, 2.05) is 13.1 Å². The second kappa shape index (κ2) is 4.53. The fourth-order valence-corrected chi connectivity index (χ4v) is 5.71. The van der Waals surface area contributed by atoms with Gasteiger partial charge in [0.25, 0.3) is 0 Å². The summed E-state index contributed by atoms with van der Waals surface area (Å²) in [6, 6.07) is 3.51. The molecule has 2 aliphatic carbocycles. The van der Waals surface area contributed by atoms with Crippen LogP contribution >= 0.6 is 0 Å². The number of aliphatic hydroxyl groups is 1. The van der Waals surface area contributed by atoms with Gasteiger partial charge in [-0.15, -0.1) is 0 Å². The summed E-state index contributed by atoms with van der Waals surface area (Å²) in [4.78, 5) is 26.1. The highest BCUT2D eigenvalue weighted by Crippen LogP contribution is 2.64. The van der Waals surface area contributed by atoms with Crippen molar-refractivity contribution >= 4 is 11.9 Å². The third-order valence-electron chi connectivity index (χ3n) is 6.72. The lowest BCUT2D eigenvalue weighted by Crippen LogP contribution is -2.76. The molecule has 0 aromatic heterocycles. The Labute approximate surface area is 144 Å². The van der Waals surface area contributed by atoms with Gasteiger partial charge < -0.3 is 25.2 Å². The zero-order chi connectivity index (χ0) is 17.6. The van der Waals surface area contributed by atoms with Gasteiger partial charge in [0, 0.05) is 18.0 Å². The molecule has 4 atom stereocenters. The van der Waals surface area contributed by atoms with E-state index in [-0.39, 0.29) is 17.6 Å². The molecule has 0 radical (unpaired) electrons. The molecule has 2 heterocycles. The number of amides is 1. The van der Waals surface area contributed by atoms with Crippen LogP contribution in [0.3, 0.4) is 0 Å². The number of benzene rings is 1. The van der Waals surface area contributed by atoms with E-state index >= 15 is 0 Å². The average Bonchev–Trinajstić information content (AvgIpc) is 2.91. The van der Waals surface area contributed by atoms with Gasteiger partial charge in [0.15, 0.2) is 23.4 Å². The second-order valence-corrected chi connectivity index (χ2v) is 7.66. The number of carbonyl (C=O) groups excluding carboxylic acids is 2. The molecule has 132 valence electrons. The van der Waals surface area contributed by atoms with Gasteiger partial charge in [-0.25, -0.2) is 4.79 Å². The first-order valence-corrected chi connectivity index (χ1v) is 8.64. The molecule has 7 nitrogen and oxygen atoms in total. The van der Waals surface area contributed by atoms with Crippen LogP contribution in [0.2, 0.25) is 0 Å². The minimum Gasteiger partial charge on any atom is -0.477 e. The van der Waals surface area contributed by atoms with Gasteiger partial charge in [0.05, 0.1) is 11.0 Å². The molecule has 1 aromatic carbocycles. The number of nitrogens with zero attached hydrogens (tertiary/aromatic N) is 1. The van der Waals surface area contributed by atoms with Crippen molar-refractivity contribution in [1.82, 2.24) is 4.90 Å². The summed E-state index contributed by atoms with van der Waals surface area (Å²) in [6.45, 7) is 0.778. The van der Waals surface area contributed by atoms with Gasteiger partial charge in [-0.05, 0) is 44.5 Å². The van der Waals surface area contributed by atoms with E-state index in [1.165, 1.54) is 0 Å². The predicted molar refractivity (Wildman–Crippen MR) is 86.7 cm³/mol. The number of carbonyl (C=O) groups is 2. The molecule has 1 saturated carbocycles. The van der Waals surface area contributed by atoms with Gasteiger partial charge in [-0.1, -0.05) is 6.07 Å². The second-order valence-electron chi connectivity index (χ2n) is 7.66. The lowest BCUT2D eigenvalue weighted by molar-refractivity contribution is -0.185. The average molecular weight is 344 g/mol. The van der Waals surface area contributed by atoms with Crippen LogP contribution in [-0.2, 0) is 16.6 Å². The molecule has 25 heavy (non-hydrogen) atoms. The number of ketones is 1. The summed E-state index contributed by atoms with van der Waals surface area (Å²) in [6.07, 6.45) is 0.383. The van der Waals surface area contributed by atoms with E-state index in [0.717, 1.165) is 17.7 Å². The molecule has 1 amide bonds. The van der Waals surface area contributed by atoms with Crippen LogP contribution in [0.15, 0.2) is 12.1 Å². The number of Topliss-reactive ketones (excluding diaryl/α,β-unsaturated/α-hetero) is 1. The number of piperidine rings is 1. The molecule has 2 aliphatic heterocycles. The van der Waals surface area contributed by atoms with Crippen LogP contribution in [0.4, 0.5) is 4.79 Å². The van der Waals surface area contributed by atoms with Crippen molar-refractivity contribution in [2.24, 2.45) is 5.73 Å². The first-order valence-electron chi connectivity index (χ1n) is 8.64. The Kier molecular flexibility index (Phi) is 2.75. The predicted octanol–water partition coefficient (Wildman–Crippen LogP) is 0.497. The largest absolute Gasteiger partial charge is 0.477 e. The zero-order valence-electron chi connectivity index (χ0n) is 13.9. The summed E-state index contributed by atoms with van der Waals surface area (Å²) in [5, 5.41) is 11.8. The quantitative estimate of drug-likeness (QED) is 0.769. The fourth-order valence-electron chi connectivity index (χ4n) is 5.71. The minimum absolute atomic E-state index is 0.00190. The standard InChI is InChI=1S/C18H20N2O5/c1-20-7-6-17-13-9-2-3-11(24-16(19)22)14(13)25-15(17)10(21)4-5-18(17,23)12(20)8-9/h2-3,12,15,23H,4-8H2,1H3,(H2,19,22)/t12-,15+,17+,18-/m1/s1. The Morgan fingerprint density at radius 1 is 1.44 bits per heavy atom. The Hall–Kier alpha value is -2.12. The summed E-state index contributed by atoms with van der Waals surface area (Å²) in [5.41, 5.74) is 5.28. The van der Waals surface area contributed by atoms with Crippen molar-refractivity contribution in [3.63, 3.8) is 0 Å². The van der Waals surface area contributed by atoms with Crippen LogP contribution in [0, 0.1) is 0 Å². The van der Waals surface area contributed by atoms with Gasteiger partial charge in [0.1, 0.15) is 0 Å². The lowest BCUT2D eigenvalue weighted by Gasteiger charge is -2.61. The maximum absolute atomic E-state index is 12.7. The molecule has 2 fully saturated rings. The van der Waals surface area contributed by atoms with Crippen LogP contribution in [-0.4, -0.2) is 53.2 Å². The van der Waals surface area contributed by atoms with Crippen molar-refractivity contribution in [3.8, 4) is 11.5 Å². The highest BCUT2D eigenvalue weighted by Gasteiger charge is 2.72. The van der Waals surface area contributed by atoms with E-state index in [0.29, 0.717) is 31.4 Å². The topological polar surface area (TPSA) is 102 Å². The molecule has 2 bridgehead atoms. The zero-order valence-corrected chi connectivity index (χ0v) is 13.9. The van der Waals surface area contributed by atoms with Crippen LogP contribution in [0.1, 0.15) is 30.4 Å². The van der Waals surface area contributed by atoms with Crippen molar-refractivity contribution < 1.29 is 24.2 Å². The third-order valence-corrected chi connectivity index (χ3v) is 6.72. The Bertz CT molecular complexity index is 824. The molecule has 3 N–H and O–H groups in total. The van der Waals surface area contributed by atoms with Crippen molar-refractivity contribution in [3.05, 3.63) is 23.3 Å². The highest BCUT2D eigenvalue weighted by atomic mass is 16.6. The maximum Gasteiger partial charge on any atom is 0.410 e. The van der Waals surface area contributed by atoms with Gasteiger partial charge >= 0.3 is 6.09 Å². The molecule has 1 spiro atoms. The normalized spacial score (nSPS) is 38.1. The van der Waals surface area contributed by atoms with E-state index < -0.39 is 23.2 Å². The number of nitrogens with two attached hydrogens (primary N) is 1. The summed E-state index contributed by atoms with van der Waals surface area (Å²) in [7, 11) is 2.02. The first kappa shape index (κ1) is 15.2. The molecular weight excluding hydrogens is 324 g/mol. The number of primary amides is 1. The monoisotopic (exact) mass is 344 g/mol. The van der Waals surface area contributed by atoms with Gasteiger partial charge in [-0.2, -0.15) is 0 Å². The smallest absolute Gasteiger partial charge is 0.410 e.